The Bertz CT molecular complexity index is 657. The Hall–Kier alpha value is -2.14. The molecule has 1 aliphatic rings. The van der Waals surface area contributed by atoms with Gasteiger partial charge in [0, 0.05) is 29.7 Å². The van der Waals surface area contributed by atoms with Gasteiger partial charge in [0.15, 0.2) is 5.11 Å². The first-order valence-corrected chi connectivity index (χ1v) is 8.55. The predicted octanol–water partition coefficient (Wildman–Crippen LogP) is 4.31. The van der Waals surface area contributed by atoms with Crippen LogP contribution >= 0.6 is 12.2 Å². The summed E-state index contributed by atoms with van der Waals surface area (Å²) < 4.78 is 2.32. The topological polar surface area (TPSA) is 41.4 Å². The Balaban J connectivity index is 1.50. The van der Waals surface area contributed by atoms with Gasteiger partial charge in [0.05, 0.1) is 6.21 Å². The summed E-state index contributed by atoms with van der Waals surface area (Å²) in [6.07, 6.45) is 12.7. The number of hydrogen-bond donors (Lipinski definition) is 2. The third-order valence-electron chi connectivity index (χ3n) is 4.14. The fourth-order valence-corrected chi connectivity index (χ4v) is 3.13. The number of rotatable bonds is 4. The Morgan fingerprint density at radius 2 is 1.91 bits per heavy atom. The van der Waals surface area contributed by atoms with Crippen LogP contribution < -0.4 is 10.7 Å². The highest BCUT2D eigenvalue weighted by Gasteiger charge is 2.14. The summed E-state index contributed by atoms with van der Waals surface area (Å²) in [7, 11) is 0. The molecule has 2 aromatic rings. The standard InChI is InChI=1S/C18H22N4S/c23-18(20-16-7-3-1-4-8-16)21-19-13-15-11-12-22(14-15)17-9-5-2-6-10-17/h1,3-4,7-8,11-14,17H,2,5-6,9-10H2,(H2,20,21,23)/b19-13+. The summed E-state index contributed by atoms with van der Waals surface area (Å²) in [5.74, 6) is 0. The van der Waals surface area contributed by atoms with E-state index in [1.807, 2.05) is 30.3 Å². The molecule has 1 aromatic heterocycles. The number of benzene rings is 1. The molecule has 3 rings (SSSR count). The summed E-state index contributed by atoms with van der Waals surface area (Å²) in [6, 6.07) is 12.6. The van der Waals surface area contributed by atoms with Crippen molar-refractivity contribution in [3.8, 4) is 0 Å². The fourth-order valence-electron chi connectivity index (χ4n) is 2.96. The van der Waals surface area contributed by atoms with E-state index in [-0.39, 0.29) is 0 Å². The molecule has 5 heteroatoms. The van der Waals surface area contributed by atoms with Crippen molar-refractivity contribution < 1.29 is 0 Å². The molecule has 4 nitrogen and oxygen atoms in total. The molecule has 0 radical (unpaired) electrons. The van der Waals surface area contributed by atoms with Gasteiger partial charge < -0.3 is 9.88 Å². The lowest BCUT2D eigenvalue weighted by Crippen LogP contribution is -2.23. The monoisotopic (exact) mass is 326 g/mol. The number of anilines is 1. The smallest absolute Gasteiger partial charge is 0.191 e. The Labute approximate surface area is 142 Å². The molecule has 1 aliphatic carbocycles. The van der Waals surface area contributed by atoms with Crippen LogP contribution in [0.4, 0.5) is 5.69 Å². The van der Waals surface area contributed by atoms with Gasteiger partial charge in [-0.3, -0.25) is 5.43 Å². The summed E-state index contributed by atoms with van der Waals surface area (Å²) in [5, 5.41) is 7.78. The molecule has 1 fully saturated rings. The molecule has 0 atom stereocenters. The van der Waals surface area contributed by atoms with Crippen LogP contribution in [0.5, 0.6) is 0 Å². The van der Waals surface area contributed by atoms with Gasteiger partial charge in [-0.25, -0.2) is 0 Å². The van der Waals surface area contributed by atoms with Gasteiger partial charge in [-0.05, 0) is 43.3 Å². The van der Waals surface area contributed by atoms with Crippen LogP contribution in [-0.2, 0) is 0 Å². The van der Waals surface area contributed by atoms with E-state index in [4.69, 9.17) is 12.2 Å². The maximum Gasteiger partial charge on any atom is 0.191 e. The first kappa shape index (κ1) is 15.7. The van der Waals surface area contributed by atoms with E-state index >= 15 is 0 Å². The van der Waals surface area contributed by atoms with Crippen molar-refractivity contribution in [3.05, 3.63) is 54.4 Å². The molecule has 0 amide bonds. The number of thiocarbonyl (C=S) groups is 1. The number of aromatic nitrogens is 1. The molecule has 1 aromatic carbocycles. The molecule has 0 saturated heterocycles. The molecule has 23 heavy (non-hydrogen) atoms. The zero-order valence-corrected chi connectivity index (χ0v) is 13.9. The Morgan fingerprint density at radius 3 is 2.70 bits per heavy atom. The van der Waals surface area contributed by atoms with Crippen molar-refractivity contribution in [1.82, 2.24) is 9.99 Å². The van der Waals surface area contributed by atoms with Gasteiger partial charge >= 0.3 is 0 Å². The Morgan fingerprint density at radius 1 is 1.13 bits per heavy atom. The highest BCUT2D eigenvalue weighted by Crippen LogP contribution is 2.28. The minimum atomic E-state index is 0.485. The quantitative estimate of drug-likeness (QED) is 0.500. The van der Waals surface area contributed by atoms with Crippen LogP contribution in [0.3, 0.4) is 0 Å². The van der Waals surface area contributed by atoms with Crippen LogP contribution in [0.25, 0.3) is 0 Å². The molecular formula is C18H22N4S. The number of nitrogens with one attached hydrogen (secondary N) is 2. The molecule has 2 N–H and O–H groups in total. The largest absolute Gasteiger partial charge is 0.351 e. The van der Waals surface area contributed by atoms with E-state index in [1.54, 1.807) is 6.21 Å². The average molecular weight is 326 g/mol. The third-order valence-corrected chi connectivity index (χ3v) is 4.34. The van der Waals surface area contributed by atoms with Crippen molar-refractivity contribution in [2.24, 2.45) is 5.10 Å². The molecule has 0 spiro atoms. The SMILES string of the molecule is S=C(N/N=C/c1ccn(C2CCCCC2)c1)Nc1ccccc1. The van der Waals surface area contributed by atoms with E-state index in [9.17, 15) is 0 Å². The predicted molar refractivity (Wildman–Crippen MR) is 99.9 cm³/mol. The zero-order chi connectivity index (χ0) is 15.9. The highest BCUT2D eigenvalue weighted by molar-refractivity contribution is 7.80. The molecule has 1 saturated carbocycles. The highest BCUT2D eigenvalue weighted by atomic mass is 32.1. The average Bonchev–Trinajstić information content (AvgIpc) is 3.05. The van der Waals surface area contributed by atoms with Gasteiger partial charge in [0.1, 0.15) is 0 Å². The first-order valence-electron chi connectivity index (χ1n) is 8.14. The second-order valence-electron chi connectivity index (χ2n) is 5.87. The summed E-state index contributed by atoms with van der Waals surface area (Å²) >= 11 is 5.22. The minimum Gasteiger partial charge on any atom is -0.351 e. The van der Waals surface area contributed by atoms with Gasteiger partial charge in [0.25, 0.3) is 0 Å². The lowest BCUT2D eigenvalue weighted by Gasteiger charge is -2.23. The second kappa shape index (κ2) is 7.92. The van der Waals surface area contributed by atoms with E-state index in [0.717, 1.165) is 11.3 Å². The molecule has 120 valence electrons. The maximum atomic E-state index is 5.22. The number of hydrazone groups is 1. The van der Waals surface area contributed by atoms with Crippen LogP contribution in [0.2, 0.25) is 0 Å². The lowest BCUT2D eigenvalue weighted by molar-refractivity contribution is 0.354. The normalized spacial score (nSPS) is 15.7. The number of nitrogens with zero attached hydrogens (tertiary/aromatic N) is 2. The molecule has 0 aliphatic heterocycles. The van der Waals surface area contributed by atoms with Gasteiger partial charge in [-0.15, -0.1) is 0 Å². The van der Waals surface area contributed by atoms with Gasteiger partial charge in [-0.2, -0.15) is 5.10 Å². The van der Waals surface area contributed by atoms with Crippen molar-refractivity contribution >= 4 is 29.2 Å². The van der Waals surface area contributed by atoms with Gasteiger partial charge in [-0.1, -0.05) is 37.5 Å². The third kappa shape index (κ3) is 4.66. The van der Waals surface area contributed by atoms with Crippen LogP contribution in [0.1, 0.15) is 43.7 Å². The van der Waals surface area contributed by atoms with Crippen LogP contribution in [-0.4, -0.2) is 15.9 Å². The molecule has 0 unspecified atom stereocenters. The lowest BCUT2D eigenvalue weighted by atomic mass is 9.95. The van der Waals surface area contributed by atoms with Gasteiger partial charge in [0.2, 0.25) is 0 Å². The summed E-state index contributed by atoms with van der Waals surface area (Å²) in [5.41, 5.74) is 4.89. The second-order valence-corrected chi connectivity index (χ2v) is 6.28. The number of para-hydroxylation sites is 1. The van der Waals surface area contributed by atoms with Crippen molar-refractivity contribution in [2.75, 3.05) is 5.32 Å². The van der Waals surface area contributed by atoms with E-state index in [1.165, 1.54) is 32.1 Å². The summed E-state index contributed by atoms with van der Waals surface area (Å²) in [6.45, 7) is 0. The molecule has 1 heterocycles. The van der Waals surface area contributed by atoms with Crippen LogP contribution in [0.15, 0.2) is 53.9 Å². The van der Waals surface area contributed by atoms with Crippen molar-refractivity contribution in [1.29, 1.82) is 0 Å². The molecule has 0 bridgehead atoms. The van der Waals surface area contributed by atoms with E-state index in [0.29, 0.717) is 11.2 Å². The maximum absolute atomic E-state index is 5.22. The van der Waals surface area contributed by atoms with Crippen molar-refractivity contribution in [2.45, 2.75) is 38.1 Å². The minimum absolute atomic E-state index is 0.485. The molecular weight excluding hydrogens is 304 g/mol. The number of hydrogen-bond acceptors (Lipinski definition) is 2. The van der Waals surface area contributed by atoms with E-state index in [2.05, 4.69) is 38.9 Å². The van der Waals surface area contributed by atoms with E-state index < -0.39 is 0 Å². The zero-order valence-electron chi connectivity index (χ0n) is 13.1. The van der Waals surface area contributed by atoms with Crippen LogP contribution in [0, 0.1) is 0 Å². The fraction of sp³-hybridized carbons (Fsp3) is 0.333. The van der Waals surface area contributed by atoms with Crippen molar-refractivity contribution in [3.63, 3.8) is 0 Å². The summed E-state index contributed by atoms with van der Waals surface area (Å²) in [4.78, 5) is 0. The first-order chi connectivity index (χ1) is 11.3. The Kier molecular flexibility index (Phi) is 5.42.